The number of amides is 1. The molecule has 6 nitrogen and oxygen atoms in total. The van der Waals surface area contributed by atoms with Crippen LogP contribution in [0.3, 0.4) is 0 Å². The van der Waals surface area contributed by atoms with Gasteiger partial charge in [-0.05, 0) is 50.6 Å². The molecule has 32 heavy (non-hydrogen) atoms. The van der Waals surface area contributed by atoms with Gasteiger partial charge >= 0.3 is 6.18 Å². The lowest BCUT2D eigenvalue weighted by molar-refractivity contribution is -0.137. The number of hydrogen-bond donors (Lipinski definition) is 1. The average Bonchev–Trinajstić information content (AvgIpc) is 3.29. The molecule has 3 aromatic rings. The molecule has 2 heterocycles. The minimum atomic E-state index is -4.45. The van der Waals surface area contributed by atoms with E-state index in [2.05, 4.69) is 20.4 Å². The maximum absolute atomic E-state index is 13.0. The van der Waals surface area contributed by atoms with E-state index >= 15 is 0 Å². The van der Waals surface area contributed by atoms with Crippen LogP contribution in [0.4, 0.5) is 18.9 Å². The average molecular weight is 444 g/mol. The summed E-state index contributed by atoms with van der Waals surface area (Å²) in [6.07, 6.45) is -2.83. The van der Waals surface area contributed by atoms with Crippen LogP contribution in [0.5, 0.6) is 0 Å². The van der Waals surface area contributed by atoms with Gasteiger partial charge in [0.15, 0.2) is 0 Å². The van der Waals surface area contributed by atoms with Gasteiger partial charge in [0.05, 0.1) is 17.5 Å². The summed E-state index contributed by atoms with van der Waals surface area (Å²) in [5, 5.41) is 6.82. The molecule has 1 aliphatic heterocycles. The van der Waals surface area contributed by atoms with Crippen LogP contribution in [0, 0.1) is 5.92 Å². The largest absolute Gasteiger partial charge is 0.416 e. The first-order chi connectivity index (χ1) is 15.3. The van der Waals surface area contributed by atoms with Crippen LogP contribution >= 0.6 is 0 Å². The second kappa shape index (κ2) is 9.12. The standard InChI is InChI=1S/C23H23F3N4O2/c1-15(22-28-20(29-32-22)16-7-5-9-18(13-16)23(24,25)26)30-12-6-8-17(14-30)21(31)27-19-10-3-2-4-11-19/h2-5,7,9-11,13,15,17H,6,8,12,14H2,1H3,(H,27,31)/t15-,17+/m0/s1. The number of carbonyl (C=O) groups excluding carboxylic acids is 1. The third kappa shape index (κ3) is 4.99. The van der Waals surface area contributed by atoms with Gasteiger partial charge < -0.3 is 9.84 Å². The highest BCUT2D eigenvalue weighted by atomic mass is 19.4. The van der Waals surface area contributed by atoms with Crippen LogP contribution < -0.4 is 5.32 Å². The van der Waals surface area contributed by atoms with Gasteiger partial charge in [0.2, 0.25) is 17.6 Å². The fourth-order valence-electron chi connectivity index (χ4n) is 3.85. The fourth-order valence-corrected chi connectivity index (χ4v) is 3.85. The van der Waals surface area contributed by atoms with Crippen molar-refractivity contribution in [3.05, 3.63) is 66.1 Å². The maximum Gasteiger partial charge on any atom is 0.416 e. The number of likely N-dealkylation sites (tertiary alicyclic amines) is 1. The summed E-state index contributed by atoms with van der Waals surface area (Å²) in [6.45, 7) is 3.18. The zero-order chi connectivity index (χ0) is 22.7. The number of rotatable bonds is 5. The molecule has 0 spiro atoms. The van der Waals surface area contributed by atoms with Crippen molar-refractivity contribution in [3.8, 4) is 11.4 Å². The highest BCUT2D eigenvalue weighted by Crippen LogP contribution is 2.32. The van der Waals surface area contributed by atoms with Crippen LogP contribution in [-0.4, -0.2) is 34.0 Å². The molecule has 9 heteroatoms. The van der Waals surface area contributed by atoms with Gasteiger partial charge in [0.25, 0.3) is 0 Å². The van der Waals surface area contributed by atoms with Crippen molar-refractivity contribution in [1.82, 2.24) is 15.0 Å². The SMILES string of the molecule is C[C@@H](c1nc(-c2cccc(C(F)(F)F)c2)no1)N1CCC[C@@H](C(=O)Nc2ccccc2)C1. The van der Waals surface area contributed by atoms with E-state index < -0.39 is 11.7 Å². The Labute approximate surface area is 183 Å². The minimum absolute atomic E-state index is 0.0386. The highest BCUT2D eigenvalue weighted by Gasteiger charge is 2.32. The molecule has 1 aliphatic rings. The second-order valence-electron chi connectivity index (χ2n) is 7.90. The van der Waals surface area contributed by atoms with Gasteiger partial charge in [-0.1, -0.05) is 35.5 Å². The molecule has 0 bridgehead atoms. The molecule has 0 aliphatic carbocycles. The smallest absolute Gasteiger partial charge is 0.337 e. The number of halogens is 3. The van der Waals surface area contributed by atoms with E-state index in [0.29, 0.717) is 12.4 Å². The normalized spacial score (nSPS) is 18.3. The Morgan fingerprint density at radius 2 is 1.97 bits per heavy atom. The van der Waals surface area contributed by atoms with Crippen molar-refractivity contribution < 1.29 is 22.5 Å². The number of hydrogen-bond acceptors (Lipinski definition) is 5. The van der Waals surface area contributed by atoms with Gasteiger partial charge in [-0.3, -0.25) is 9.69 Å². The Hall–Kier alpha value is -3.20. The van der Waals surface area contributed by atoms with Crippen molar-refractivity contribution in [1.29, 1.82) is 0 Å². The Bertz CT molecular complexity index is 1070. The van der Waals surface area contributed by atoms with Crippen LogP contribution in [0.25, 0.3) is 11.4 Å². The molecule has 1 amide bonds. The number of benzene rings is 2. The minimum Gasteiger partial charge on any atom is -0.337 e. The number of alkyl halides is 3. The molecule has 1 N–H and O–H groups in total. The molecule has 4 rings (SSSR count). The summed E-state index contributed by atoms with van der Waals surface area (Å²) in [7, 11) is 0. The quantitative estimate of drug-likeness (QED) is 0.588. The van der Waals surface area contributed by atoms with Gasteiger partial charge in [-0.2, -0.15) is 18.2 Å². The zero-order valence-electron chi connectivity index (χ0n) is 17.5. The van der Waals surface area contributed by atoms with Crippen LogP contribution in [0.15, 0.2) is 59.1 Å². The molecule has 168 valence electrons. The predicted molar refractivity (Wildman–Crippen MR) is 113 cm³/mol. The molecule has 2 atom stereocenters. The van der Waals surface area contributed by atoms with Crippen LogP contribution in [-0.2, 0) is 11.0 Å². The summed E-state index contributed by atoms with van der Waals surface area (Å²) >= 11 is 0. The first kappa shape index (κ1) is 22.0. The Morgan fingerprint density at radius 1 is 1.19 bits per heavy atom. The Balaban J connectivity index is 1.44. The van der Waals surface area contributed by atoms with Gasteiger partial charge in [0.1, 0.15) is 0 Å². The number of nitrogens with one attached hydrogen (secondary N) is 1. The third-order valence-electron chi connectivity index (χ3n) is 5.66. The van der Waals surface area contributed by atoms with Crippen molar-refractivity contribution >= 4 is 11.6 Å². The summed E-state index contributed by atoms with van der Waals surface area (Å²) in [4.78, 5) is 19.1. The number of anilines is 1. The van der Waals surface area contributed by atoms with Crippen molar-refractivity contribution in [2.24, 2.45) is 5.92 Å². The van der Waals surface area contributed by atoms with Crippen LogP contribution in [0.1, 0.15) is 37.3 Å². The molecule has 0 radical (unpaired) electrons. The van der Waals surface area contributed by atoms with Gasteiger partial charge in [-0.25, -0.2) is 0 Å². The molecule has 1 aromatic heterocycles. The van der Waals surface area contributed by atoms with E-state index in [-0.39, 0.29) is 29.3 Å². The van der Waals surface area contributed by atoms with E-state index in [4.69, 9.17) is 4.52 Å². The highest BCUT2D eigenvalue weighted by molar-refractivity contribution is 5.92. The van der Waals surface area contributed by atoms with Gasteiger partial charge in [-0.15, -0.1) is 0 Å². The molecule has 2 aromatic carbocycles. The van der Waals surface area contributed by atoms with Crippen molar-refractivity contribution in [2.75, 3.05) is 18.4 Å². The molecule has 1 saturated heterocycles. The second-order valence-corrected chi connectivity index (χ2v) is 7.90. The van der Waals surface area contributed by atoms with E-state index in [1.807, 2.05) is 37.3 Å². The first-order valence-corrected chi connectivity index (χ1v) is 10.4. The number of carbonyl (C=O) groups is 1. The molecular weight excluding hydrogens is 421 g/mol. The predicted octanol–water partition coefficient (Wildman–Crippen LogP) is 5.17. The van der Waals surface area contributed by atoms with Crippen LogP contribution in [0.2, 0.25) is 0 Å². The van der Waals surface area contributed by atoms with E-state index in [9.17, 15) is 18.0 Å². The number of piperidine rings is 1. The van der Waals surface area contributed by atoms with Crippen molar-refractivity contribution in [2.45, 2.75) is 32.0 Å². The van der Waals surface area contributed by atoms with E-state index in [1.54, 1.807) is 0 Å². The van der Waals surface area contributed by atoms with E-state index in [0.717, 1.165) is 37.2 Å². The topological polar surface area (TPSA) is 71.3 Å². The first-order valence-electron chi connectivity index (χ1n) is 10.4. The summed E-state index contributed by atoms with van der Waals surface area (Å²) < 4.78 is 44.4. The monoisotopic (exact) mass is 444 g/mol. The number of para-hydroxylation sites is 1. The molecular formula is C23H23F3N4O2. The lowest BCUT2D eigenvalue weighted by atomic mass is 9.96. The molecule has 0 saturated carbocycles. The van der Waals surface area contributed by atoms with Gasteiger partial charge in [0, 0.05) is 17.8 Å². The number of aromatic nitrogens is 2. The zero-order valence-corrected chi connectivity index (χ0v) is 17.5. The van der Waals surface area contributed by atoms with Crippen molar-refractivity contribution in [3.63, 3.8) is 0 Å². The molecule has 0 unspecified atom stereocenters. The Kier molecular flexibility index (Phi) is 6.27. The molecule has 1 fully saturated rings. The Morgan fingerprint density at radius 3 is 2.72 bits per heavy atom. The van der Waals surface area contributed by atoms with E-state index in [1.165, 1.54) is 12.1 Å². The summed E-state index contributed by atoms with van der Waals surface area (Å²) in [6, 6.07) is 13.9. The number of nitrogens with zero attached hydrogens (tertiary/aromatic N) is 3. The lowest BCUT2D eigenvalue weighted by Gasteiger charge is -2.34. The fraction of sp³-hybridized carbons (Fsp3) is 0.348. The maximum atomic E-state index is 13.0. The lowest BCUT2D eigenvalue weighted by Crippen LogP contribution is -2.41. The third-order valence-corrected chi connectivity index (χ3v) is 5.66. The summed E-state index contributed by atoms with van der Waals surface area (Å²) in [5.41, 5.74) is 0.226. The summed E-state index contributed by atoms with van der Waals surface area (Å²) in [5.74, 6) is 0.190.